The van der Waals surface area contributed by atoms with E-state index in [0.29, 0.717) is 24.0 Å². The number of hydrogen-bond acceptors (Lipinski definition) is 3. The van der Waals surface area contributed by atoms with Crippen molar-refractivity contribution in [1.82, 2.24) is 24.8 Å². The predicted octanol–water partition coefficient (Wildman–Crippen LogP) is 2.72. The number of aromatic amines is 1. The molecular formula is C19H18FN5O. The highest BCUT2D eigenvalue weighted by atomic mass is 19.1. The van der Waals surface area contributed by atoms with Crippen molar-refractivity contribution in [3.05, 3.63) is 59.9 Å². The number of imidazole rings is 2. The number of rotatable bonds is 5. The molecule has 2 heterocycles. The zero-order valence-electron chi connectivity index (χ0n) is 14.3. The zero-order chi connectivity index (χ0) is 18.1. The van der Waals surface area contributed by atoms with Crippen LogP contribution in [0.4, 0.5) is 4.39 Å². The second-order valence-corrected chi connectivity index (χ2v) is 6.18. The molecule has 0 saturated heterocycles. The van der Waals surface area contributed by atoms with Gasteiger partial charge in [0.15, 0.2) is 0 Å². The first kappa shape index (κ1) is 16.3. The van der Waals surface area contributed by atoms with Crippen molar-refractivity contribution in [3.63, 3.8) is 0 Å². The number of carbonyl (C=O) groups excluding carboxylic acids is 1. The SMILES string of the molecule is Cc1nc2ccccc2n1CC(=O)NCCc1nc2ccc(F)cc2[nH]1. The van der Waals surface area contributed by atoms with Gasteiger partial charge in [-0.25, -0.2) is 14.4 Å². The average Bonchev–Trinajstić information content (AvgIpc) is 3.15. The fraction of sp³-hybridized carbons (Fsp3) is 0.211. The molecule has 2 aromatic heterocycles. The van der Waals surface area contributed by atoms with Crippen LogP contribution in [0.15, 0.2) is 42.5 Å². The number of nitrogens with zero attached hydrogens (tertiary/aromatic N) is 3. The third-order valence-electron chi connectivity index (χ3n) is 4.32. The van der Waals surface area contributed by atoms with Gasteiger partial charge in [-0.1, -0.05) is 12.1 Å². The Labute approximate surface area is 149 Å². The summed E-state index contributed by atoms with van der Waals surface area (Å²) in [4.78, 5) is 24.2. The summed E-state index contributed by atoms with van der Waals surface area (Å²) in [5, 5.41) is 2.90. The van der Waals surface area contributed by atoms with Crippen LogP contribution in [0.1, 0.15) is 11.6 Å². The fourth-order valence-electron chi connectivity index (χ4n) is 3.07. The van der Waals surface area contributed by atoms with E-state index < -0.39 is 0 Å². The summed E-state index contributed by atoms with van der Waals surface area (Å²) < 4.78 is 15.1. The van der Waals surface area contributed by atoms with Gasteiger partial charge in [-0.15, -0.1) is 0 Å². The summed E-state index contributed by atoms with van der Waals surface area (Å²) in [6.07, 6.45) is 0.547. The van der Waals surface area contributed by atoms with E-state index in [1.54, 1.807) is 6.07 Å². The summed E-state index contributed by atoms with van der Waals surface area (Å²) in [6, 6.07) is 12.2. The van der Waals surface area contributed by atoms with Crippen LogP contribution in [0.3, 0.4) is 0 Å². The predicted molar refractivity (Wildman–Crippen MR) is 97.2 cm³/mol. The first-order chi connectivity index (χ1) is 12.6. The number of amides is 1. The van der Waals surface area contributed by atoms with Crippen LogP contribution < -0.4 is 5.32 Å². The molecule has 26 heavy (non-hydrogen) atoms. The zero-order valence-corrected chi connectivity index (χ0v) is 14.3. The Morgan fingerprint density at radius 2 is 2.04 bits per heavy atom. The van der Waals surface area contributed by atoms with Gasteiger partial charge in [-0.2, -0.15) is 0 Å². The van der Waals surface area contributed by atoms with Crippen LogP contribution in [-0.4, -0.2) is 32.0 Å². The fourth-order valence-corrected chi connectivity index (χ4v) is 3.07. The topological polar surface area (TPSA) is 75.6 Å². The molecule has 0 radical (unpaired) electrons. The molecule has 0 atom stereocenters. The Balaban J connectivity index is 1.38. The lowest BCUT2D eigenvalue weighted by Crippen LogP contribution is -2.29. The van der Waals surface area contributed by atoms with Crippen molar-refractivity contribution in [2.45, 2.75) is 19.9 Å². The van der Waals surface area contributed by atoms with Crippen LogP contribution in [-0.2, 0) is 17.8 Å². The molecule has 0 aliphatic carbocycles. The molecule has 2 N–H and O–H groups in total. The van der Waals surface area contributed by atoms with Gasteiger partial charge in [0, 0.05) is 13.0 Å². The third-order valence-corrected chi connectivity index (χ3v) is 4.32. The highest BCUT2D eigenvalue weighted by Gasteiger charge is 2.11. The Hall–Kier alpha value is -3.22. The lowest BCUT2D eigenvalue weighted by molar-refractivity contribution is -0.121. The molecule has 7 heteroatoms. The van der Waals surface area contributed by atoms with Gasteiger partial charge in [0.2, 0.25) is 5.91 Å². The molecular weight excluding hydrogens is 333 g/mol. The van der Waals surface area contributed by atoms with Gasteiger partial charge in [0.25, 0.3) is 0 Å². The van der Waals surface area contributed by atoms with Crippen LogP contribution in [0.25, 0.3) is 22.1 Å². The second kappa shape index (κ2) is 6.59. The van der Waals surface area contributed by atoms with E-state index in [1.165, 1.54) is 12.1 Å². The summed E-state index contributed by atoms with van der Waals surface area (Å²) >= 11 is 0. The minimum atomic E-state index is -0.302. The van der Waals surface area contributed by atoms with E-state index in [4.69, 9.17) is 0 Å². The number of hydrogen-bond donors (Lipinski definition) is 2. The van der Waals surface area contributed by atoms with E-state index in [2.05, 4.69) is 20.3 Å². The quantitative estimate of drug-likeness (QED) is 0.580. The number of H-pyrrole nitrogens is 1. The summed E-state index contributed by atoms with van der Waals surface area (Å²) in [6.45, 7) is 2.56. The van der Waals surface area contributed by atoms with Crippen LogP contribution >= 0.6 is 0 Å². The molecule has 0 aliphatic rings. The minimum absolute atomic E-state index is 0.0848. The monoisotopic (exact) mass is 351 g/mol. The number of halogens is 1. The lowest BCUT2D eigenvalue weighted by atomic mass is 10.3. The normalized spacial score (nSPS) is 11.3. The number of nitrogens with one attached hydrogen (secondary N) is 2. The molecule has 4 rings (SSSR count). The standard InChI is InChI=1S/C19H18FN5O/c1-12-22-15-4-2-3-5-17(15)25(12)11-19(26)21-9-8-18-23-14-7-6-13(20)10-16(14)24-18/h2-7,10H,8-9,11H2,1H3,(H,21,26)(H,23,24). The molecule has 0 aliphatic heterocycles. The second-order valence-electron chi connectivity index (χ2n) is 6.18. The van der Waals surface area contributed by atoms with Gasteiger partial charge in [-0.3, -0.25) is 4.79 Å². The number of carbonyl (C=O) groups is 1. The Kier molecular flexibility index (Phi) is 4.12. The number of fused-ring (bicyclic) bond motifs is 2. The first-order valence-electron chi connectivity index (χ1n) is 8.43. The van der Waals surface area contributed by atoms with Crippen molar-refractivity contribution in [1.29, 1.82) is 0 Å². The van der Waals surface area contributed by atoms with Crippen molar-refractivity contribution in [2.24, 2.45) is 0 Å². The average molecular weight is 351 g/mol. The molecule has 1 amide bonds. The maximum Gasteiger partial charge on any atom is 0.240 e. The molecule has 0 spiro atoms. The van der Waals surface area contributed by atoms with E-state index in [0.717, 1.165) is 22.7 Å². The van der Waals surface area contributed by atoms with E-state index >= 15 is 0 Å². The molecule has 132 valence electrons. The van der Waals surface area contributed by atoms with E-state index in [9.17, 15) is 9.18 Å². The van der Waals surface area contributed by atoms with Crippen molar-refractivity contribution in [2.75, 3.05) is 6.54 Å². The number of benzene rings is 2. The minimum Gasteiger partial charge on any atom is -0.354 e. The Bertz CT molecular complexity index is 1100. The smallest absolute Gasteiger partial charge is 0.240 e. The number of aryl methyl sites for hydroxylation is 1. The molecule has 6 nitrogen and oxygen atoms in total. The lowest BCUT2D eigenvalue weighted by Gasteiger charge is -2.07. The van der Waals surface area contributed by atoms with Gasteiger partial charge < -0.3 is 14.9 Å². The van der Waals surface area contributed by atoms with Crippen molar-refractivity contribution in [3.8, 4) is 0 Å². The van der Waals surface area contributed by atoms with Crippen LogP contribution in [0.5, 0.6) is 0 Å². The Morgan fingerprint density at radius 1 is 1.19 bits per heavy atom. The van der Waals surface area contributed by atoms with Gasteiger partial charge in [-0.05, 0) is 37.3 Å². The molecule has 0 unspecified atom stereocenters. The van der Waals surface area contributed by atoms with E-state index in [-0.39, 0.29) is 18.3 Å². The molecule has 0 saturated carbocycles. The number of para-hydroxylation sites is 2. The van der Waals surface area contributed by atoms with Gasteiger partial charge in [0.05, 0.1) is 22.1 Å². The maximum absolute atomic E-state index is 13.2. The molecule has 0 bridgehead atoms. The van der Waals surface area contributed by atoms with E-state index in [1.807, 2.05) is 35.8 Å². The molecule has 2 aromatic carbocycles. The number of aromatic nitrogens is 4. The highest BCUT2D eigenvalue weighted by Crippen LogP contribution is 2.15. The summed E-state index contributed by atoms with van der Waals surface area (Å²) in [5.41, 5.74) is 3.20. The van der Waals surface area contributed by atoms with Crippen molar-refractivity contribution < 1.29 is 9.18 Å². The third kappa shape index (κ3) is 3.15. The Morgan fingerprint density at radius 3 is 2.92 bits per heavy atom. The van der Waals surface area contributed by atoms with Gasteiger partial charge >= 0.3 is 0 Å². The van der Waals surface area contributed by atoms with Crippen LogP contribution in [0.2, 0.25) is 0 Å². The van der Waals surface area contributed by atoms with Gasteiger partial charge in [0.1, 0.15) is 24.0 Å². The highest BCUT2D eigenvalue weighted by molar-refractivity contribution is 5.81. The van der Waals surface area contributed by atoms with Crippen LogP contribution in [0, 0.1) is 12.7 Å². The largest absolute Gasteiger partial charge is 0.354 e. The first-order valence-corrected chi connectivity index (χ1v) is 8.43. The molecule has 0 fully saturated rings. The van der Waals surface area contributed by atoms with Crippen molar-refractivity contribution >= 4 is 28.0 Å². The maximum atomic E-state index is 13.2. The summed E-state index contributed by atoms with van der Waals surface area (Å²) in [5.74, 6) is 1.14. The summed E-state index contributed by atoms with van der Waals surface area (Å²) in [7, 11) is 0. The molecule has 4 aromatic rings.